The lowest BCUT2D eigenvalue weighted by atomic mass is 10.0. The van der Waals surface area contributed by atoms with E-state index in [1.54, 1.807) is 4.90 Å². The Kier molecular flexibility index (Phi) is 3.41. The maximum atomic E-state index is 12.6. The number of nitrogens with zero attached hydrogens (tertiary/aromatic N) is 4. The van der Waals surface area contributed by atoms with Crippen molar-refractivity contribution in [2.24, 2.45) is 0 Å². The third kappa shape index (κ3) is 2.43. The highest BCUT2D eigenvalue weighted by molar-refractivity contribution is 5.85. The maximum absolute atomic E-state index is 12.6. The van der Waals surface area contributed by atoms with Crippen LogP contribution in [0, 0.1) is 0 Å². The number of hydrogen-bond acceptors (Lipinski definition) is 4. The molecule has 23 heavy (non-hydrogen) atoms. The van der Waals surface area contributed by atoms with Gasteiger partial charge < -0.3 is 14.6 Å². The van der Waals surface area contributed by atoms with Crippen LogP contribution in [0.5, 0.6) is 0 Å². The minimum atomic E-state index is -1.16. The largest absolute Gasteiger partial charge is 0.380 e. The van der Waals surface area contributed by atoms with Gasteiger partial charge in [0.05, 0.1) is 6.54 Å². The molecule has 0 radical (unpaired) electrons. The van der Waals surface area contributed by atoms with Crippen LogP contribution in [-0.4, -0.2) is 42.8 Å². The highest BCUT2D eigenvalue weighted by atomic mass is 16.3. The summed E-state index contributed by atoms with van der Waals surface area (Å²) in [6.07, 6.45) is 2.99. The standard InChI is InChI=1S/C17H20N4O2/c22-16(17(23)8-4-5-9-17)20-10-11-21-14(12-20)18-19-15(21)13-6-2-1-3-7-13/h1-3,6-7,23H,4-5,8-12H2. The van der Waals surface area contributed by atoms with Gasteiger partial charge in [-0.25, -0.2) is 0 Å². The molecule has 1 N–H and O–H groups in total. The maximum Gasteiger partial charge on any atom is 0.254 e. The van der Waals surface area contributed by atoms with E-state index in [1.807, 2.05) is 30.3 Å². The Morgan fingerprint density at radius 1 is 1.09 bits per heavy atom. The minimum Gasteiger partial charge on any atom is -0.380 e. The Bertz CT molecular complexity index is 719. The smallest absolute Gasteiger partial charge is 0.254 e. The van der Waals surface area contributed by atoms with Crippen molar-refractivity contribution in [1.29, 1.82) is 0 Å². The molecule has 1 aliphatic heterocycles. The lowest BCUT2D eigenvalue weighted by molar-refractivity contribution is -0.152. The van der Waals surface area contributed by atoms with Gasteiger partial charge in [0, 0.05) is 18.7 Å². The molecule has 0 saturated heterocycles. The molecule has 0 atom stereocenters. The number of carbonyl (C=O) groups is 1. The van der Waals surface area contributed by atoms with Gasteiger partial charge in [0.1, 0.15) is 5.60 Å². The number of fused-ring (bicyclic) bond motifs is 1. The van der Waals surface area contributed by atoms with Gasteiger partial charge in [-0.2, -0.15) is 0 Å². The van der Waals surface area contributed by atoms with Crippen molar-refractivity contribution in [1.82, 2.24) is 19.7 Å². The van der Waals surface area contributed by atoms with Gasteiger partial charge in [0.15, 0.2) is 11.6 Å². The van der Waals surface area contributed by atoms with E-state index >= 15 is 0 Å². The zero-order valence-corrected chi connectivity index (χ0v) is 13.0. The van der Waals surface area contributed by atoms with Crippen LogP contribution in [0.4, 0.5) is 0 Å². The monoisotopic (exact) mass is 312 g/mol. The van der Waals surface area contributed by atoms with E-state index in [2.05, 4.69) is 14.8 Å². The Balaban J connectivity index is 1.57. The van der Waals surface area contributed by atoms with E-state index in [0.29, 0.717) is 32.5 Å². The van der Waals surface area contributed by atoms with Gasteiger partial charge in [-0.05, 0) is 25.7 Å². The number of benzene rings is 1. The Hall–Kier alpha value is -2.21. The van der Waals surface area contributed by atoms with Gasteiger partial charge in [0.2, 0.25) is 0 Å². The second-order valence-electron chi connectivity index (χ2n) is 6.42. The van der Waals surface area contributed by atoms with Crippen LogP contribution in [0.25, 0.3) is 11.4 Å². The Labute approximate surface area is 134 Å². The molecule has 2 heterocycles. The van der Waals surface area contributed by atoms with Crippen molar-refractivity contribution < 1.29 is 9.90 Å². The first-order chi connectivity index (χ1) is 11.2. The zero-order chi connectivity index (χ0) is 15.9. The normalized spacial score (nSPS) is 19.6. The summed E-state index contributed by atoms with van der Waals surface area (Å²) in [4.78, 5) is 14.4. The summed E-state index contributed by atoms with van der Waals surface area (Å²) in [5, 5.41) is 19.1. The average molecular weight is 312 g/mol. The fourth-order valence-corrected chi connectivity index (χ4v) is 3.60. The van der Waals surface area contributed by atoms with Crippen molar-refractivity contribution >= 4 is 5.91 Å². The molecule has 1 aliphatic carbocycles. The number of hydrogen-bond donors (Lipinski definition) is 1. The van der Waals surface area contributed by atoms with E-state index in [4.69, 9.17) is 0 Å². The first-order valence-corrected chi connectivity index (χ1v) is 8.17. The Morgan fingerprint density at radius 2 is 1.83 bits per heavy atom. The predicted octanol–water partition coefficient (Wildman–Crippen LogP) is 1.59. The highest BCUT2D eigenvalue weighted by Gasteiger charge is 2.42. The van der Waals surface area contributed by atoms with Crippen molar-refractivity contribution in [2.45, 2.75) is 44.4 Å². The molecular formula is C17H20N4O2. The molecule has 6 nitrogen and oxygen atoms in total. The SMILES string of the molecule is O=C(N1CCn2c(nnc2-c2ccccc2)C1)C1(O)CCCC1. The number of amides is 1. The van der Waals surface area contributed by atoms with E-state index in [1.165, 1.54) is 0 Å². The molecule has 0 bridgehead atoms. The van der Waals surface area contributed by atoms with Crippen LogP contribution in [-0.2, 0) is 17.9 Å². The summed E-state index contributed by atoms with van der Waals surface area (Å²) in [5.41, 5.74) is -0.134. The summed E-state index contributed by atoms with van der Waals surface area (Å²) in [6, 6.07) is 9.95. The molecule has 120 valence electrons. The van der Waals surface area contributed by atoms with Crippen LogP contribution >= 0.6 is 0 Å². The number of aromatic nitrogens is 3. The first-order valence-electron chi connectivity index (χ1n) is 8.17. The van der Waals surface area contributed by atoms with Crippen molar-refractivity contribution in [2.75, 3.05) is 6.54 Å². The van der Waals surface area contributed by atoms with E-state index < -0.39 is 5.60 Å². The zero-order valence-electron chi connectivity index (χ0n) is 13.0. The number of carbonyl (C=O) groups excluding carboxylic acids is 1. The summed E-state index contributed by atoms with van der Waals surface area (Å²) >= 11 is 0. The molecule has 1 saturated carbocycles. The van der Waals surface area contributed by atoms with Crippen molar-refractivity contribution in [3.8, 4) is 11.4 Å². The highest BCUT2D eigenvalue weighted by Crippen LogP contribution is 2.32. The van der Waals surface area contributed by atoms with E-state index in [0.717, 1.165) is 30.1 Å². The minimum absolute atomic E-state index is 0.148. The van der Waals surface area contributed by atoms with Crippen molar-refractivity contribution in [3.05, 3.63) is 36.2 Å². The summed E-state index contributed by atoms with van der Waals surface area (Å²) < 4.78 is 2.07. The molecule has 1 aromatic carbocycles. The van der Waals surface area contributed by atoms with Gasteiger partial charge in [0.25, 0.3) is 5.91 Å². The molecule has 2 aromatic rings. The molecule has 1 amide bonds. The Morgan fingerprint density at radius 3 is 2.57 bits per heavy atom. The van der Waals surface area contributed by atoms with Crippen LogP contribution in [0.1, 0.15) is 31.5 Å². The summed E-state index contributed by atoms with van der Waals surface area (Å²) in [6.45, 7) is 1.67. The first kappa shape index (κ1) is 14.4. The fourth-order valence-electron chi connectivity index (χ4n) is 3.60. The topological polar surface area (TPSA) is 71.2 Å². The lowest BCUT2D eigenvalue weighted by Gasteiger charge is -2.33. The quantitative estimate of drug-likeness (QED) is 0.914. The summed E-state index contributed by atoms with van der Waals surface area (Å²) in [7, 11) is 0. The van der Waals surface area contributed by atoms with E-state index in [9.17, 15) is 9.90 Å². The van der Waals surface area contributed by atoms with Gasteiger partial charge in [-0.15, -0.1) is 10.2 Å². The van der Waals surface area contributed by atoms with Crippen LogP contribution in [0.15, 0.2) is 30.3 Å². The van der Waals surface area contributed by atoms with Gasteiger partial charge >= 0.3 is 0 Å². The molecular weight excluding hydrogens is 292 g/mol. The average Bonchev–Trinajstić information content (AvgIpc) is 3.21. The molecule has 2 aliphatic rings. The second kappa shape index (κ2) is 5.45. The van der Waals surface area contributed by atoms with E-state index in [-0.39, 0.29) is 5.91 Å². The van der Waals surface area contributed by atoms with Crippen LogP contribution < -0.4 is 0 Å². The van der Waals surface area contributed by atoms with Crippen LogP contribution in [0.3, 0.4) is 0 Å². The third-order valence-corrected chi connectivity index (χ3v) is 4.90. The van der Waals surface area contributed by atoms with Crippen LogP contribution in [0.2, 0.25) is 0 Å². The molecule has 0 spiro atoms. The van der Waals surface area contributed by atoms with Crippen molar-refractivity contribution in [3.63, 3.8) is 0 Å². The third-order valence-electron chi connectivity index (χ3n) is 4.90. The van der Waals surface area contributed by atoms with Gasteiger partial charge in [-0.1, -0.05) is 30.3 Å². The lowest BCUT2D eigenvalue weighted by Crippen LogP contribution is -2.49. The molecule has 4 rings (SSSR count). The summed E-state index contributed by atoms with van der Waals surface area (Å²) in [5.74, 6) is 1.47. The molecule has 6 heteroatoms. The molecule has 0 unspecified atom stereocenters. The predicted molar refractivity (Wildman–Crippen MR) is 84.3 cm³/mol. The second-order valence-corrected chi connectivity index (χ2v) is 6.42. The number of aliphatic hydroxyl groups is 1. The molecule has 1 aromatic heterocycles. The number of rotatable bonds is 2. The van der Waals surface area contributed by atoms with Gasteiger partial charge in [-0.3, -0.25) is 4.79 Å². The fraction of sp³-hybridized carbons (Fsp3) is 0.471. The molecule has 1 fully saturated rings.